The average molecular weight is 653 g/mol. The molecule has 0 fully saturated rings. The monoisotopic (exact) mass is 652 g/mol. The molecule has 0 amide bonds. The van der Waals surface area contributed by atoms with Crippen LogP contribution in [-0.4, -0.2) is 12.6 Å². The number of hydrogen-bond acceptors (Lipinski definition) is 3. The topological polar surface area (TPSA) is 76.3 Å². The van der Waals surface area contributed by atoms with E-state index in [1.54, 1.807) is 6.07 Å². The molecule has 8 rings (SSSR count). The van der Waals surface area contributed by atoms with E-state index in [1.807, 2.05) is 48.5 Å². The number of hydrogen-bond donors (Lipinski definition) is 0. The summed E-state index contributed by atoms with van der Waals surface area (Å²) in [7, 11) is -2.80. The standard InChI is InChI=1S/C45H28N4Si/c46-29-32-23-24-44-41(25-32)40-21-10-11-22-43(40)49(44)45-28-34(26-35(30-47)42(45)31-48)33-13-12-20-39(27-33)50(36-14-4-1-5-15-36,37-16-6-2-7-17-37)38-18-8-3-9-19-38/h1-28H. The van der Waals surface area contributed by atoms with E-state index in [9.17, 15) is 15.8 Å². The highest BCUT2D eigenvalue weighted by molar-refractivity contribution is 7.19. The zero-order chi connectivity index (χ0) is 34.1. The molecule has 232 valence electrons. The van der Waals surface area contributed by atoms with Crippen LogP contribution in [0, 0.1) is 34.0 Å². The fourth-order valence-electron chi connectivity index (χ4n) is 7.47. The van der Waals surface area contributed by atoms with E-state index in [2.05, 4.69) is 138 Å². The van der Waals surface area contributed by atoms with E-state index >= 15 is 0 Å². The second kappa shape index (κ2) is 12.6. The third-order valence-electron chi connectivity index (χ3n) is 9.64. The van der Waals surface area contributed by atoms with Crippen LogP contribution in [0.25, 0.3) is 38.6 Å². The summed E-state index contributed by atoms with van der Waals surface area (Å²) in [5.74, 6) is 0. The van der Waals surface area contributed by atoms with Crippen LogP contribution in [0.5, 0.6) is 0 Å². The van der Waals surface area contributed by atoms with Crippen LogP contribution in [0.1, 0.15) is 16.7 Å². The van der Waals surface area contributed by atoms with Crippen LogP contribution in [0.2, 0.25) is 0 Å². The lowest BCUT2D eigenvalue weighted by molar-refractivity contribution is 1.16. The Morgan fingerprint density at radius 2 is 1.00 bits per heavy atom. The van der Waals surface area contributed by atoms with Gasteiger partial charge in [-0.15, -0.1) is 0 Å². The Balaban J connectivity index is 1.42. The third-order valence-corrected chi connectivity index (χ3v) is 14.4. The predicted octanol–water partition coefficient (Wildman–Crippen LogP) is 7.44. The number of fused-ring (bicyclic) bond motifs is 3. The second-order valence-corrected chi connectivity index (χ2v) is 16.1. The minimum atomic E-state index is -2.80. The maximum atomic E-state index is 10.5. The van der Waals surface area contributed by atoms with E-state index in [1.165, 1.54) is 20.7 Å². The Morgan fingerprint density at radius 1 is 0.420 bits per heavy atom. The van der Waals surface area contributed by atoms with Gasteiger partial charge in [0.15, 0.2) is 8.07 Å². The van der Waals surface area contributed by atoms with Crippen molar-refractivity contribution >= 4 is 50.6 Å². The van der Waals surface area contributed by atoms with Gasteiger partial charge in [0.2, 0.25) is 0 Å². The van der Waals surface area contributed by atoms with E-state index in [0.29, 0.717) is 22.4 Å². The highest BCUT2D eigenvalue weighted by Gasteiger charge is 2.41. The summed E-state index contributed by atoms with van der Waals surface area (Å²) in [6.45, 7) is 0. The number of para-hydroxylation sites is 1. The van der Waals surface area contributed by atoms with E-state index in [-0.39, 0.29) is 0 Å². The van der Waals surface area contributed by atoms with Gasteiger partial charge < -0.3 is 4.57 Å². The molecular formula is C45H28N4Si. The van der Waals surface area contributed by atoms with Crippen molar-refractivity contribution < 1.29 is 0 Å². The lowest BCUT2D eigenvalue weighted by atomic mass is 9.98. The average Bonchev–Trinajstić information content (AvgIpc) is 3.52. The van der Waals surface area contributed by atoms with Gasteiger partial charge in [0.1, 0.15) is 12.1 Å². The van der Waals surface area contributed by atoms with Gasteiger partial charge in [-0.3, -0.25) is 0 Å². The largest absolute Gasteiger partial charge is 0.308 e. The van der Waals surface area contributed by atoms with E-state index in [4.69, 9.17) is 0 Å². The van der Waals surface area contributed by atoms with Crippen LogP contribution in [0.15, 0.2) is 170 Å². The van der Waals surface area contributed by atoms with Crippen LogP contribution in [-0.2, 0) is 0 Å². The second-order valence-electron chi connectivity index (χ2n) is 12.3. The summed E-state index contributed by atoms with van der Waals surface area (Å²) in [5, 5.41) is 37.5. The molecule has 8 aromatic rings. The fourth-order valence-corrected chi connectivity index (χ4v) is 12.3. The van der Waals surface area contributed by atoms with Crippen molar-refractivity contribution in [2.24, 2.45) is 0 Å². The zero-order valence-corrected chi connectivity index (χ0v) is 28.0. The molecule has 0 unspecified atom stereocenters. The van der Waals surface area contributed by atoms with E-state index < -0.39 is 8.07 Å². The predicted molar refractivity (Wildman–Crippen MR) is 204 cm³/mol. The summed E-state index contributed by atoms with van der Waals surface area (Å²) in [4.78, 5) is 0. The lowest BCUT2D eigenvalue weighted by Crippen LogP contribution is -2.74. The van der Waals surface area contributed by atoms with Crippen LogP contribution in [0.4, 0.5) is 0 Å². The molecule has 0 bridgehead atoms. The first-order chi connectivity index (χ1) is 24.7. The summed E-state index contributed by atoms with van der Waals surface area (Å²) in [6.07, 6.45) is 0. The first-order valence-electron chi connectivity index (χ1n) is 16.4. The van der Waals surface area contributed by atoms with Crippen molar-refractivity contribution in [1.29, 1.82) is 15.8 Å². The van der Waals surface area contributed by atoms with Crippen molar-refractivity contribution in [3.63, 3.8) is 0 Å². The molecule has 0 aliphatic rings. The Hall–Kier alpha value is -6.97. The molecule has 0 spiro atoms. The number of aromatic nitrogens is 1. The molecule has 0 atom stereocenters. The third kappa shape index (κ3) is 4.80. The molecule has 7 aromatic carbocycles. The minimum Gasteiger partial charge on any atom is -0.308 e. The number of rotatable bonds is 6. The van der Waals surface area contributed by atoms with Crippen molar-refractivity contribution in [3.8, 4) is 35.0 Å². The van der Waals surface area contributed by atoms with Gasteiger partial charge in [-0.2, -0.15) is 15.8 Å². The van der Waals surface area contributed by atoms with Gasteiger partial charge in [-0.1, -0.05) is 133 Å². The number of benzene rings is 7. The van der Waals surface area contributed by atoms with Crippen molar-refractivity contribution in [1.82, 2.24) is 4.57 Å². The summed E-state index contributed by atoms with van der Waals surface area (Å²) >= 11 is 0. The molecule has 5 heteroatoms. The maximum Gasteiger partial charge on any atom is 0.179 e. The van der Waals surface area contributed by atoms with Gasteiger partial charge in [-0.05, 0) is 68.3 Å². The molecule has 1 heterocycles. The molecular weight excluding hydrogens is 625 g/mol. The fraction of sp³-hybridized carbons (Fsp3) is 0. The van der Waals surface area contributed by atoms with Crippen molar-refractivity contribution in [3.05, 3.63) is 187 Å². The summed E-state index contributed by atoms with van der Waals surface area (Å²) in [5.41, 5.74) is 5.36. The highest BCUT2D eigenvalue weighted by atomic mass is 28.3. The Bertz CT molecular complexity index is 2580. The van der Waals surface area contributed by atoms with E-state index in [0.717, 1.165) is 32.9 Å². The summed E-state index contributed by atoms with van der Waals surface area (Å²) < 4.78 is 2.05. The number of nitriles is 3. The quantitative estimate of drug-likeness (QED) is 0.138. The highest BCUT2D eigenvalue weighted by Crippen LogP contribution is 2.36. The molecule has 0 saturated carbocycles. The molecule has 0 aliphatic heterocycles. The summed E-state index contributed by atoms with van der Waals surface area (Å²) in [6, 6.07) is 65.4. The van der Waals surface area contributed by atoms with Crippen molar-refractivity contribution in [2.45, 2.75) is 0 Å². The molecule has 1 aromatic heterocycles. The molecule has 0 N–H and O–H groups in total. The van der Waals surface area contributed by atoms with Crippen LogP contribution in [0.3, 0.4) is 0 Å². The Morgan fingerprint density at radius 3 is 1.60 bits per heavy atom. The zero-order valence-electron chi connectivity index (χ0n) is 27.0. The van der Waals surface area contributed by atoms with Crippen molar-refractivity contribution in [2.75, 3.05) is 0 Å². The first-order valence-corrected chi connectivity index (χ1v) is 18.4. The maximum absolute atomic E-state index is 10.5. The molecule has 4 nitrogen and oxygen atoms in total. The Labute approximate surface area is 291 Å². The molecule has 0 saturated heterocycles. The molecule has 0 radical (unpaired) electrons. The van der Waals surface area contributed by atoms with Gasteiger partial charge in [0, 0.05) is 10.8 Å². The van der Waals surface area contributed by atoms with Crippen LogP contribution >= 0.6 is 0 Å². The molecule has 50 heavy (non-hydrogen) atoms. The van der Waals surface area contributed by atoms with Gasteiger partial charge in [-0.25, -0.2) is 0 Å². The van der Waals surface area contributed by atoms with Crippen LogP contribution < -0.4 is 20.7 Å². The minimum absolute atomic E-state index is 0.306. The first kappa shape index (κ1) is 30.4. The van der Waals surface area contributed by atoms with Gasteiger partial charge in [0.25, 0.3) is 0 Å². The molecule has 0 aliphatic carbocycles. The smallest absolute Gasteiger partial charge is 0.179 e. The Kier molecular flexibility index (Phi) is 7.63. The number of nitrogens with zero attached hydrogens (tertiary/aromatic N) is 4. The normalized spacial score (nSPS) is 11.1. The lowest BCUT2D eigenvalue weighted by Gasteiger charge is -2.34. The van der Waals surface area contributed by atoms with Gasteiger partial charge >= 0.3 is 0 Å². The van der Waals surface area contributed by atoms with Gasteiger partial charge in [0.05, 0.1) is 39.5 Å². The SMILES string of the molecule is N#Cc1ccc2c(c1)c1ccccc1n2-c1cc(-c2cccc([Si](c3ccccc3)(c3ccccc3)c3ccccc3)c2)cc(C#N)c1C#N.